The van der Waals surface area contributed by atoms with Crippen LogP contribution in [0.3, 0.4) is 0 Å². The lowest BCUT2D eigenvalue weighted by Gasteiger charge is -2.11. The van der Waals surface area contributed by atoms with Gasteiger partial charge in [0.1, 0.15) is 0 Å². The molecule has 1 aromatic heterocycles. The van der Waals surface area contributed by atoms with Gasteiger partial charge in [0.2, 0.25) is 0 Å². The first-order valence-corrected chi connectivity index (χ1v) is 5.77. The molecule has 0 aromatic carbocycles. The third-order valence-corrected chi connectivity index (χ3v) is 2.79. The van der Waals surface area contributed by atoms with Crippen molar-refractivity contribution in [3.05, 3.63) is 28.6 Å². The van der Waals surface area contributed by atoms with Crippen LogP contribution in [0.4, 0.5) is 0 Å². The Morgan fingerprint density at radius 2 is 1.21 bits per heavy atom. The van der Waals surface area contributed by atoms with E-state index in [0.29, 0.717) is 0 Å². The Labute approximate surface area is 87.6 Å². The highest BCUT2D eigenvalue weighted by molar-refractivity contribution is 5.31. The highest BCUT2D eigenvalue weighted by Crippen LogP contribution is 2.16. The van der Waals surface area contributed by atoms with Crippen molar-refractivity contribution in [1.29, 1.82) is 0 Å². The van der Waals surface area contributed by atoms with Gasteiger partial charge >= 0.3 is 0 Å². The Hall–Kier alpha value is -0.850. The van der Waals surface area contributed by atoms with Crippen LogP contribution in [0.2, 0.25) is 0 Å². The predicted molar refractivity (Wildman–Crippen MR) is 61.7 cm³/mol. The van der Waals surface area contributed by atoms with Crippen molar-refractivity contribution in [1.82, 2.24) is 4.98 Å². The molecule has 0 bridgehead atoms. The minimum Gasteiger partial charge on any atom is -0.257 e. The van der Waals surface area contributed by atoms with E-state index in [4.69, 9.17) is 4.98 Å². The largest absolute Gasteiger partial charge is 0.257 e. The summed E-state index contributed by atoms with van der Waals surface area (Å²) in [5.41, 5.74) is 5.45. The van der Waals surface area contributed by atoms with Gasteiger partial charge in [-0.3, -0.25) is 4.98 Å². The molecule has 0 spiro atoms. The quantitative estimate of drug-likeness (QED) is 0.711. The molecule has 0 radical (unpaired) electrons. The lowest BCUT2D eigenvalue weighted by Crippen LogP contribution is -2.03. The third kappa shape index (κ3) is 2.14. The fourth-order valence-electron chi connectivity index (χ4n) is 1.91. The Morgan fingerprint density at radius 1 is 0.786 bits per heavy atom. The summed E-state index contributed by atoms with van der Waals surface area (Å²) in [6.45, 7) is 8.79. The molecule has 0 amide bonds. The van der Waals surface area contributed by atoms with Crippen molar-refractivity contribution in [2.45, 2.75) is 53.4 Å². The van der Waals surface area contributed by atoms with E-state index in [2.05, 4.69) is 33.8 Å². The summed E-state index contributed by atoms with van der Waals surface area (Å²) in [7, 11) is 0. The molecule has 0 aliphatic heterocycles. The van der Waals surface area contributed by atoms with Crippen LogP contribution in [0.1, 0.15) is 50.2 Å². The molecule has 0 atom stereocenters. The molecule has 0 fully saturated rings. The summed E-state index contributed by atoms with van der Waals surface area (Å²) < 4.78 is 0. The van der Waals surface area contributed by atoms with Crippen molar-refractivity contribution < 1.29 is 0 Å². The zero-order valence-corrected chi connectivity index (χ0v) is 9.85. The Morgan fingerprint density at radius 3 is 1.50 bits per heavy atom. The highest BCUT2D eigenvalue weighted by Gasteiger charge is 2.06. The fourth-order valence-corrected chi connectivity index (χ4v) is 1.91. The van der Waals surface area contributed by atoms with Gasteiger partial charge in [-0.25, -0.2) is 0 Å². The van der Waals surface area contributed by atoms with Crippen LogP contribution < -0.4 is 0 Å². The molecular weight excluding hydrogens is 170 g/mol. The molecular formula is C13H21N. The van der Waals surface area contributed by atoms with E-state index >= 15 is 0 Å². The average Bonchev–Trinajstić information content (AvgIpc) is 2.26. The molecule has 0 saturated carbocycles. The topological polar surface area (TPSA) is 12.9 Å². The molecule has 0 saturated heterocycles. The summed E-state index contributed by atoms with van der Waals surface area (Å²) in [5.74, 6) is 0. The van der Waals surface area contributed by atoms with Crippen molar-refractivity contribution >= 4 is 0 Å². The van der Waals surface area contributed by atoms with Gasteiger partial charge in [-0.05, 0) is 36.8 Å². The number of nitrogens with zero attached hydrogens (tertiary/aromatic N) is 1. The number of hydrogen-bond acceptors (Lipinski definition) is 1. The van der Waals surface area contributed by atoms with E-state index < -0.39 is 0 Å². The fraction of sp³-hybridized carbons (Fsp3) is 0.615. The number of aryl methyl sites for hydroxylation is 4. The summed E-state index contributed by atoms with van der Waals surface area (Å²) in [6, 6.07) is 2.35. The van der Waals surface area contributed by atoms with Crippen LogP contribution >= 0.6 is 0 Å². The molecule has 0 aliphatic rings. The van der Waals surface area contributed by atoms with Crippen LogP contribution in [0.15, 0.2) is 6.07 Å². The maximum absolute atomic E-state index is 4.75. The summed E-state index contributed by atoms with van der Waals surface area (Å²) >= 11 is 0. The molecule has 1 heteroatoms. The van der Waals surface area contributed by atoms with Crippen molar-refractivity contribution in [3.8, 4) is 0 Å². The van der Waals surface area contributed by atoms with Gasteiger partial charge in [-0.1, -0.05) is 33.8 Å². The molecule has 1 nitrogen and oxygen atoms in total. The molecule has 78 valence electrons. The number of aromatic nitrogens is 1. The Balaban J connectivity index is 3.20. The SMILES string of the molecule is CCc1cc(CC)c(CC)nc1CC. The number of rotatable bonds is 4. The predicted octanol–water partition coefficient (Wildman–Crippen LogP) is 3.33. The zero-order valence-electron chi connectivity index (χ0n) is 9.85. The Kier molecular flexibility index (Phi) is 4.12. The van der Waals surface area contributed by atoms with E-state index in [9.17, 15) is 0 Å². The van der Waals surface area contributed by atoms with Gasteiger partial charge in [0, 0.05) is 11.4 Å². The molecule has 1 rings (SSSR count). The molecule has 0 unspecified atom stereocenters. The lowest BCUT2D eigenvalue weighted by molar-refractivity contribution is 0.880. The second-order valence-corrected chi connectivity index (χ2v) is 3.61. The van der Waals surface area contributed by atoms with E-state index in [-0.39, 0.29) is 0 Å². The van der Waals surface area contributed by atoms with Gasteiger partial charge in [0.05, 0.1) is 0 Å². The lowest BCUT2D eigenvalue weighted by atomic mass is 10.0. The summed E-state index contributed by atoms with van der Waals surface area (Å²) in [5, 5.41) is 0. The maximum atomic E-state index is 4.75. The average molecular weight is 191 g/mol. The number of pyridine rings is 1. The molecule has 0 aliphatic carbocycles. The normalized spacial score (nSPS) is 10.6. The van der Waals surface area contributed by atoms with Crippen molar-refractivity contribution in [3.63, 3.8) is 0 Å². The first-order chi connectivity index (χ1) is 6.76. The van der Waals surface area contributed by atoms with Gasteiger partial charge in [0.25, 0.3) is 0 Å². The first kappa shape index (κ1) is 11.2. The molecule has 0 N–H and O–H groups in total. The smallest absolute Gasteiger partial charge is 0.0436 e. The standard InChI is InChI=1S/C13H21N/c1-5-10-9-11(6-2)13(8-4)14-12(10)7-3/h9H,5-8H2,1-4H3. The third-order valence-electron chi connectivity index (χ3n) is 2.79. The minimum absolute atomic E-state index is 1.06. The van der Waals surface area contributed by atoms with Crippen molar-refractivity contribution in [2.75, 3.05) is 0 Å². The van der Waals surface area contributed by atoms with E-state index in [1.54, 1.807) is 0 Å². The van der Waals surface area contributed by atoms with Gasteiger partial charge in [0.15, 0.2) is 0 Å². The van der Waals surface area contributed by atoms with Crippen LogP contribution in [-0.4, -0.2) is 4.98 Å². The first-order valence-electron chi connectivity index (χ1n) is 5.77. The maximum Gasteiger partial charge on any atom is 0.0436 e. The van der Waals surface area contributed by atoms with Crippen LogP contribution in [-0.2, 0) is 25.7 Å². The highest BCUT2D eigenvalue weighted by atomic mass is 14.7. The van der Waals surface area contributed by atoms with E-state index in [1.165, 1.54) is 22.5 Å². The summed E-state index contributed by atoms with van der Waals surface area (Å²) in [6.07, 6.45) is 4.32. The Bertz CT molecular complexity index is 244. The van der Waals surface area contributed by atoms with Crippen LogP contribution in [0.5, 0.6) is 0 Å². The number of hydrogen-bond donors (Lipinski definition) is 0. The van der Waals surface area contributed by atoms with E-state index in [0.717, 1.165) is 25.7 Å². The zero-order chi connectivity index (χ0) is 10.6. The molecule has 1 heterocycles. The van der Waals surface area contributed by atoms with Crippen LogP contribution in [0.25, 0.3) is 0 Å². The minimum atomic E-state index is 1.06. The monoisotopic (exact) mass is 191 g/mol. The van der Waals surface area contributed by atoms with Gasteiger partial charge < -0.3 is 0 Å². The second kappa shape index (κ2) is 5.14. The van der Waals surface area contributed by atoms with Gasteiger partial charge in [-0.15, -0.1) is 0 Å². The van der Waals surface area contributed by atoms with Crippen LogP contribution in [0, 0.1) is 0 Å². The van der Waals surface area contributed by atoms with Crippen molar-refractivity contribution in [2.24, 2.45) is 0 Å². The molecule has 1 aromatic rings. The molecule has 14 heavy (non-hydrogen) atoms. The summed E-state index contributed by atoms with van der Waals surface area (Å²) in [4.78, 5) is 4.75. The van der Waals surface area contributed by atoms with E-state index in [1.807, 2.05) is 0 Å². The van der Waals surface area contributed by atoms with Gasteiger partial charge in [-0.2, -0.15) is 0 Å². The second-order valence-electron chi connectivity index (χ2n) is 3.61.